The fourth-order valence-electron chi connectivity index (χ4n) is 1.08. The molecule has 16 heavy (non-hydrogen) atoms. The molecule has 3 N–H and O–H groups in total. The maximum absolute atomic E-state index is 11.9. The molecule has 0 bridgehead atoms. The largest absolute Gasteiger partial charge is 0.393 e. The standard InChI is InChI=1S/C9H21N3O2S2/c1-5-8(6-9(10)15)11-16(13,14)12(4)7(2)3/h7-8,11H,5-6H2,1-4H3,(H2,10,15). The molecule has 0 amide bonds. The van der Waals surface area contributed by atoms with Gasteiger partial charge in [0.25, 0.3) is 10.2 Å². The molecular weight excluding hydrogens is 246 g/mol. The Morgan fingerprint density at radius 3 is 2.31 bits per heavy atom. The van der Waals surface area contributed by atoms with Gasteiger partial charge in [0.05, 0.1) is 4.99 Å². The number of nitrogens with two attached hydrogens (primary N) is 1. The second-order valence-electron chi connectivity index (χ2n) is 4.01. The molecule has 1 atom stereocenters. The van der Waals surface area contributed by atoms with Crippen molar-refractivity contribution in [1.29, 1.82) is 0 Å². The molecule has 5 nitrogen and oxygen atoms in total. The molecule has 0 saturated carbocycles. The summed E-state index contributed by atoms with van der Waals surface area (Å²) in [5.74, 6) is 0. The quantitative estimate of drug-likeness (QED) is 0.663. The van der Waals surface area contributed by atoms with Crippen LogP contribution in [0, 0.1) is 0 Å². The average Bonchev–Trinajstić information content (AvgIpc) is 2.14. The van der Waals surface area contributed by atoms with Gasteiger partial charge in [0.1, 0.15) is 0 Å². The minimum Gasteiger partial charge on any atom is -0.393 e. The van der Waals surface area contributed by atoms with E-state index in [0.717, 1.165) is 0 Å². The lowest BCUT2D eigenvalue weighted by Crippen LogP contribution is -2.46. The highest BCUT2D eigenvalue weighted by molar-refractivity contribution is 7.87. The molecule has 0 aromatic carbocycles. The van der Waals surface area contributed by atoms with Gasteiger partial charge >= 0.3 is 0 Å². The summed E-state index contributed by atoms with van der Waals surface area (Å²) in [6.45, 7) is 5.52. The van der Waals surface area contributed by atoms with E-state index < -0.39 is 10.2 Å². The van der Waals surface area contributed by atoms with Crippen LogP contribution in [0.3, 0.4) is 0 Å². The van der Waals surface area contributed by atoms with Crippen LogP contribution in [0.2, 0.25) is 0 Å². The van der Waals surface area contributed by atoms with Gasteiger partial charge in [-0.1, -0.05) is 19.1 Å². The number of hydrogen-bond acceptors (Lipinski definition) is 3. The summed E-state index contributed by atoms with van der Waals surface area (Å²) in [6, 6.07) is -0.316. The summed E-state index contributed by atoms with van der Waals surface area (Å²) in [5, 5.41) is 0. The first-order valence-corrected chi connectivity index (χ1v) is 7.09. The van der Waals surface area contributed by atoms with Gasteiger partial charge in [0, 0.05) is 25.6 Å². The zero-order chi connectivity index (χ0) is 12.9. The predicted octanol–water partition coefficient (Wildman–Crippen LogP) is 0.616. The van der Waals surface area contributed by atoms with Gasteiger partial charge in [-0.15, -0.1) is 0 Å². The lowest BCUT2D eigenvalue weighted by Gasteiger charge is -2.24. The smallest absolute Gasteiger partial charge is 0.279 e. The minimum atomic E-state index is -3.45. The SMILES string of the molecule is CCC(CC(N)=S)NS(=O)(=O)N(C)C(C)C. The van der Waals surface area contributed by atoms with Gasteiger partial charge in [-0.05, 0) is 20.3 Å². The molecule has 0 rings (SSSR count). The van der Waals surface area contributed by atoms with Crippen molar-refractivity contribution in [3.05, 3.63) is 0 Å². The van der Waals surface area contributed by atoms with Crippen LogP contribution in [0.15, 0.2) is 0 Å². The van der Waals surface area contributed by atoms with Crippen molar-refractivity contribution in [3.8, 4) is 0 Å². The fourth-order valence-corrected chi connectivity index (χ4v) is 2.68. The number of nitrogens with one attached hydrogen (secondary N) is 1. The van der Waals surface area contributed by atoms with E-state index in [1.54, 1.807) is 7.05 Å². The van der Waals surface area contributed by atoms with Gasteiger partial charge in [0.2, 0.25) is 0 Å². The van der Waals surface area contributed by atoms with Crippen molar-refractivity contribution < 1.29 is 8.42 Å². The van der Waals surface area contributed by atoms with Gasteiger partial charge in [-0.2, -0.15) is 17.4 Å². The number of nitrogens with zero attached hydrogens (tertiary/aromatic N) is 1. The van der Waals surface area contributed by atoms with E-state index in [1.165, 1.54) is 4.31 Å². The molecular formula is C9H21N3O2S2. The van der Waals surface area contributed by atoms with Crippen LogP contribution in [0.5, 0.6) is 0 Å². The Kier molecular flexibility index (Phi) is 6.39. The highest BCUT2D eigenvalue weighted by Gasteiger charge is 2.23. The molecule has 7 heteroatoms. The normalized spacial score (nSPS) is 14.4. The Morgan fingerprint density at radius 2 is 2.00 bits per heavy atom. The Labute approximate surface area is 104 Å². The van der Waals surface area contributed by atoms with Gasteiger partial charge in [-0.25, -0.2) is 0 Å². The highest BCUT2D eigenvalue weighted by atomic mass is 32.2. The van der Waals surface area contributed by atoms with E-state index >= 15 is 0 Å². The van der Waals surface area contributed by atoms with Gasteiger partial charge in [-0.3, -0.25) is 0 Å². The topological polar surface area (TPSA) is 75.4 Å². The third kappa shape index (κ3) is 5.20. The molecule has 0 aliphatic carbocycles. The molecule has 1 unspecified atom stereocenters. The van der Waals surface area contributed by atoms with Crippen LogP contribution in [0.4, 0.5) is 0 Å². The molecule has 0 aromatic heterocycles. The van der Waals surface area contributed by atoms with E-state index in [4.69, 9.17) is 18.0 Å². The monoisotopic (exact) mass is 267 g/mol. The van der Waals surface area contributed by atoms with Crippen LogP contribution in [0.1, 0.15) is 33.6 Å². The van der Waals surface area contributed by atoms with E-state index in [9.17, 15) is 8.42 Å². The Bertz CT molecular complexity index is 328. The zero-order valence-electron chi connectivity index (χ0n) is 10.2. The Morgan fingerprint density at radius 1 is 1.50 bits per heavy atom. The van der Waals surface area contributed by atoms with Crippen molar-refractivity contribution in [3.63, 3.8) is 0 Å². The van der Waals surface area contributed by atoms with Gasteiger partial charge in [0.15, 0.2) is 0 Å². The summed E-state index contributed by atoms with van der Waals surface area (Å²) in [6.07, 6.45) is 1.04. The first kappa shape index (κ1) is 15.8. The summed E-state index contributed by atoms with van der Waals surface area (Å²) < 4.78 is 27.6. The van der Waals surface area contributed by atoms with E-state index in [-0.39, 0.29) is 12.1 Å². The molecule has 0 aromatic rings. The molecule has 96 valence electrons. The van der Waals surface area contributed by atoms with Crippen molar-refractivity contribution in [2.75, 3.05) is 7.05 Å². The van der Waals surface area contributed by atoms with E-state index in [2.05, 4.69) is 4.72 Å². The summed E-state index contributed by atoms with van der Waals surface area (Å²) in [5.41, 5.74) is 5.41. The fraction of sp³-hybridized carbons (Fsp3) is 0.889. The summed E-state index contributed by atoms with van der Waals surface area (Å²) >= 11 is 4.77. The van der Waals surface area contributed by atoms with Crippen LogP contribution in [0.25, 0.3) is 0 Å². The maximum atomic E-state index is 11.9. The molecule has 0 spiro atoms. The van der Waals surface area contributed by atoms with Crippen molar-refractivity contribution in [2.45, 2.75) is 45.7 Å². The van der Waals surface area contributed by atoms with Gasteiger partial charge < -0.3 is 5.73 Å². The third-order valence-electron chi connectivity index (χ3n) is 2.36. The number of thiocarbonyl (C=S) groups is 1. The molecule has 0 heterocycles. The molecule has 0 aliphatic rings. The van der Waals surface area contributed by atoms with E-state index in [1.807, 2.05) is 20.8 Å². The van der Waals surface area contributed by atoms with Crippen molar-refractivity contribution in [1.82, 2.24) is 9.03 Å². The molecule has 0 radical (unpaired) electrons. The summed E-state index contributed by atoms with van der Waals surface area (Å²) in [4.78, 5) is 0.321. The van der Waals surface area contributed by atoms with Crippen LogP contribution in [-0.2, 0) is 10.2 Å². The third-order valence-corrected chi connectivity index (χ3v) is 4.34. The zero-order valence-corrected chi connectivity index (χ0v) is 11.9. The number of rotatable bonds is 7. The van der Waals surface area contributed by atoms with E-state index in [0.29, 0.717) is 17.8 Å². The van der Waals surface area contributed by atoms with Crippen molar-refractivity contribution >= 4 is 27.4 Å². The first-order chi connectivity index (χ1) is 7.20. The minimum absolute atomic E-state index is 0.0835. The lowest BCUT2D eigenvalue weighted by molar-refractivity contribution is 0.395. The molecule has 0 fully saturated rings. The Hall–Kier alpha value is -0.240. The second-order valence-corrected chi connectivity index (χ2v) is 6.29. The molecule has 0 aliphatic heterocycles. The molecule has 0 saturated heterocycles. The van der Waals surface area contributed by atoms with Crippen molar-refractivity contribution in [2.24, 2.45) is 5.73 Å². The number of hydrogen-bond donors (Lipinski definition) is 2. The van der Waals surface area contributed by atoms with Crippen LogP contribution >= 0.6 is 12.2 Å². The summed E-state index contributed by atoms with van der Waals surface area (Å²) in [7, 11) is -1.91. The lowest BCUT2D eigenvalue weighted by atomic mass is 10.2. The maximum Gasteiger partial charge on any atom is 0.279 e. The predicted molar refractivity (Wildman–Crippen MR) is 70.4 cm³/mol. The highest BCUT2D eigenvalue weighted by Crippen LogP contribution is 2.05. The van der Waals surface area contributed by atoms with Crippen LogP contribution < -0.4 is 10.5 Å². The first-order valence-electron chi connectivity index (χ1n) is 5.24. The van der Waals surface area contributed by atoms with Crippen LogP contribution in [-0.4, -0.2) is 36.8 Å². The second kappa shape index (κ2) is 6.48. The Balaban J connectivity index is 4.61. The average molecular weight is 267 g/mol.